The Morgan fingerprint density at radius 2 is 1.94 bits per heavy atom. The number of phenolic OH excluding ortho intramolecular Hbond substituents is 1. The Morgan fingerprint density at radius 1 is 1.28 bits per heavy atom. The first-order valence-corrected chi connectivity index (χ1v) is 6.53. The minimum Gasteiger partial charge on any atom is -0.508 e. The number of ether oxygens (including phenoxy) is 1. The van der Waals surface area contributed by atoms with E-state index in [-0.39, 0.29) is 11.9 Å². The number of hydrogen-bond acceptors (Lipinski definition) is 3. The molecule has 0 saturated heterocycles. The van der Waals surface area contributed by atoms with Gasteiger partial charge in [-0.05, 0) is 43.4 Å². The molecule has 0 heterocycles. The van der Waals surface area contributed by atoms with E-state index in [1.165, 1.54) is 12.7 Å². The first-order chi connectivity index (χ1) is 8.67. The van der Waals surface area contributed by atoms with Crippen LogP contribution < -0.4 is 0 Å². The molecule has 0 aromatic heterocycles. The molecule has 3 nitrogen and oxygen atoms in total. The van der Waals surface area contributed by atoms with Crippen molar-refractivity contribution in [2.24, 2.45) is 5.92 Å². The summed E-state index contributed by atoms with van der Waals surface area (Å²) >= 11 is 0. The molecule has 0 aliphatic carbocycles. The third kappa shape index (κ3) is 4.78. The summed E-state index contributed by atoms with van der Waals surface area (Å²) in [6, 6.07) is 7.29. The minimum atomic E-state index is -0.0952. The number of aryl methyl sites for hydroxylation is 1. The van der Waals surface area contributed by atoms with Crippen molar-refractivity contribution in [3.63, 3.8) is 0 Å². The highest BCUT2D eigenvalue weighted by molar-refractivity contribution is 5.72. The van der Waals surface area contributed by atoms with Crippen LogP contribution in [0.1, 0.15) is 38.2 Å². The molecule has 0 spiro atoms. The first-order valence-electron chi connectivity index (χ1n) is 6.53. The van der Waals surface area contributed by atoms with E-state index in [9.17, 15) is 4.79 Å². The maximum atomic E-state index is 11.4. The van der Waals surface area contributed by atoms with E-state index < -0.39 is 0 Å². The largest absolute Gasteiger partial charge is 0.508 e. The highest BCUT2D eigenvalue weighted by atomic mass is 16.5. The number of carbonyl (C=O) groups is 1. The van der Waals surface area contributed by atoms with Gasteiger partial charge in [-0.15, -0.1) is 0 Å². The number of phenols is 1. The second-order valence-electron chi connectivity index (χ2n) is 4.54. The summed E-state index contributed by atoms with van der Waals surface area (Å²) < 4.78 is 4.77. The SMILES string of the molecule is CCC(CCCCc1ccc(O)cc1)C(=O)OC. The minimum absolute atomic E-state index is 0.0369. The van der Waals surface area contributed by atoms with Crippen LogP contribution in [0.25, 0.3) is 0 Å². The van der Waals surface area contributed by atoms with Crippen LogP contribution in [0.5, 0.6) is 5.75 Å². The second kappa shape index (κ2) is 7.75. The normalized spacial score (nSPS) is 12.1. The molecule has 0 radical (unpaired) electrons. The molecular formula is C15H22O3. The fourth-order valence-corrected chi connectivity index (χ4v) is 2.04. The van der Waals surface area contributed by atoms with Gasteiger partial charge in [-0.3, -0.25) is 4.79 Å². The van der Waals surface area contributed by atoms with Crippen LogP contribution in [0.3, 0.4) is 0 Å². The molecule has 1 aromatic rings. The summed E-state index contributed by atoms with van der Waals surface area (Å²) in [6.45, 7) is 2.02. The predicted octanol–water partition coefficient (Wildman–Crippen LogP) is 3.30. The number of hydrogen-bond donors (Lipinski definition) is 1. The summed E-state index contributed by atoms with van der Waals surface area (Å²) in [4.78, 5) is 11.4. The summed E-state index contributed by atoms with van der Waals surface area (Å²) in [5.41, 5.74) is 1.22. The predicted molar refractivity (Wildman–Crippen MR) is 71.5 cm³/mol. The van der Waals surface area contributed by atoms with Gasteiger partial charge >= 0.3 is 5.97 Å². The van der Waals surface area contributed by atoms with Crippen LogP contribution in [-0.2, 0) is 16.0 Å². The Kier molecular flexibility index (Phi) is 6.26. The molecule has 0 saturated carbocycles. The Balaban J connectivity index is 2.25. The van der Waals surface area contributed by atoms with Gasteiger partial charge in [0.2, 0.25) is 0 Å². The van der Waals surface area contributed by atoms with E-state index in [2.05, 4.69) is 0 Å². The Labute approximate surface area is 109 Å². The fraction of sp³-hybridized carbons (Fsp3) is 0.533. The molecule has 100 valence electrons. The molecule has 1 N–H and O–H groups in total. The molecule has 0 aliphatic rings. The molecule has 1 atom stereocenters. The molecular weight excluding hydrogens is 228 g/mol. The molecule has 0 aliphatic heterocycles. The van der Waals surface area contributed by atoms with E-state index in [0.717, 1.165) is 32.1 Å². The van der Waals surface area contributed by atoms with E-state index >= 15 is 0 Å². The van der Waals surface area contributed by atoms with Gasteiger partial charge in [0.25, 0.3) is 0 Å². The van der Waals surface area contributed by atoms with Crippen LogP contribution in [0.4, 0.5) is 0 Å². The zero-order valence-electron chi connectivity index (χ0n) is 11.2. The summed E-state index contributed by atoms with van der Waals surface area (Å²) in [6.07, 6.45) is 4.79. The monoisotopic (exact) mass is 250 g/mol. The number of esters is 1. The maximum Gasteiger partial charge on any atom is 0.308 e. The molecule has 1 aromatic carbocycles. The highest BCUT2D eigenvalue weighted by Crippen LogP contribution is 2.17. The number of aromatic hydroxyl groups is 1. The zero-order chi connectivity index (χ0) is 13.4. The highest BCUT2D eigenvalue weighted by Gasteiger charge is 2.15. The number of methoxy groups -OCH3 is 1. The molecule has 3 heteroatoms. The molecule has 0 amide bonds. The lowest BCUT2D eigenvalue weighted by atomic mass is 9.97. The van der Waals surface area contributed by atoms with Crippen molar-refractivity contribution >= 4 is 5.97 Å². The van der Waals surface area contributed by atoms with Crippen molar-refractivity contribution in [3.05, 3.63) is 29.8 Å². The van der Waals surface area contributed by atoms with Crippen LogP contribution in [-0.4, -0.2) is 18.2 Å². The van der Waals surface area contributed by atoms with Gasteiger partial charge < -0.3 is 9.84 Å². The quantitative estimate of drug-likeness (QED) is 0.596. The molecule has 0 fully saturated rings. The summed E-state index contributed by atoms with van der Waals surface area (Å²) in [5.74, 6) is 0.243. The second-order valence-corrected chi connectivity index (χ2v) is 4.54. The van der Waals surface area contributed by atoms with Gasteiger partial charge in [0, 0.05) is 0 Å². The Morgan fingerprint density at radius 3 is 2.50 bits per heavy atom. The van der Waals surface area contributed by atoms with Crippen LogP contribution in [0.2, 0.25) is 0 Å². The van der Waals surface area contributed by atoms with Crippen LogP contribution >= 0.6 is 0 Å². The maximum absolute atomic E-state index is 11.4. The standard InChI is InChI=1S/C15H22O3/c1-3-13(15(17)18-2)7-5-4-6-12-8-10-14(16)11-9-12/h8-11,13,16H,3-7H2,1-2H3. The van der Waals surface area contributed by atoms with E-state index in [1.54, 1.807) is 12.1 Å². The van der Waals surface area contributed by atoms with Crippen molar-refractivity contribution in [2.45, 2.75) is 39.0 Å². The van der Waals surface area contributed by atoms with E-state index in [4.69, 9.17) is 9.84 Å². The van der Waals surface area contributed by atoms with Gasteiger partial charge in [-0.2, -0.15) is 0 Å². The van der Waals surface area contributed by atoms with Crippen molar-refractivity contribution < 1.29 is 14.6 Å². The summed E-state index contributed by atoms with van der Waals surface area (Å²) in [7, 11) is 1.45. The third-order valence-corrected chi connectivity index (χ3v) is 3.23. The van der Waals surface area contributed by atoms with Crippen LogP contribution in [0.15, 0.2) is 24.3 Å². The average Bonchev–Trinajstić information content (AvgIpc) is 2.40. The van der Waals surface area contributed by atoms with Gasteiger partial charge in [-0.25, -0.2) is 0 Å². The topological polar surface area (TPSA) is 46.5 Å². The van der Waals surface area contributed by atoms with E-state index in [0.29, 0.717) is 5.75 Å². The number of unbranched alkanes of at least 4 members (excludes halogenated alkanes) is 1. The average molecular weight is 250 g/mol. The van der Waals surface area contributed by atoms with Gasteiger partial charge in [0.05, 0.1) is 13.0 Å². The number of benzene rings is 1. The van der Waals surface area contributed by atoms with Gasteiger partial charge in [0.1, 0.15) is 5.75 Å². The zero-order valence-corrected chi connectivity index (χ0v) is 11.2. The van der Waals surface area contributed by atoms with Gasteiger partial charge in [0.15, 0.2) is 0 Å². The Bertz CT molecular complexity index is 357. The smallest absolute Gasteiger partial charge is 0.308 e. The molecule has 18 heavy (non-hydrogen) atoms. The molecule has 0 bridgehead atoms. The lowest BCUT2D eigenvalue weighted by molar-refractivity contribution is -0.145. The van der Waals surface area contributed by atoms with Crippen molar-refractivity contribution in [1.82, 2.24) is 0 Å². The number of rotatable bonds is 7. The number of carbonyl (C=O) groups excluding carboxylic acids is 1. The molecule has 1 unspecified atom stereocenters. The lowest BCUT2D eigenvalue weighted by Crippen LogP contribution is -2.15. The van der Waals surface area contributed by atoms with Crippen molar-refractivity contribution in [2.75, 3.05) is 7.11 Å². The lowest BCUT2D eigenvalue weighted by Gasteiger charge is -2.11. The van der Waals surface area contributed by atoms with E-state index in [1.807, 2.05) is 19.1 Å². The van der Waals surface area contributed by atoms with Crippen molar-refractivity contribution in [3.8, 4) is 5.75 Å². The van der Waals surface area contributed by atoms with Crippen LogP contribution in [0, 0.1) is 5.92 Å². The molecule has 1 rings (SSSR count). The Hall–Kier alpha value is -1.51. The fourth-order valence-electron chi connectivity index (χ4n) is 2.04. The van der Waals surface area contributed by atoms with Crippen molar-refractivity contribution in [1.29, 1.82) is 0 Å². The third-order valence-electron chi connectivity index (χ3n) is 3.23. The van der Waals surface area contributed by atoms with Gasteiger partial charge in [-0.1, -0.05) is 25.5 Å². The summed E-state index contributed by atoms with van der Waals surface area (Å²) in [5, 5.41) is 9.17. The first kappa shape index (κ1) is 14.6.